The Labute approximate surface area is 265 Å². The average molecular weight is 659 g/mol. The lowest BCUT2D eigenvalue weighted by atomic mass is 9.96. The fourth-order valence-electron chi connectivity index (χ4n) is 4.97. The third-order valence-electron chi connectivity index (χ3n) is 7.34. The zero-order chi connectivity index (χ0) is 33.4. The Bertz CT molecular complexity index is 1770. The number of ether oxygens (including phenoxy) is 3. The maximum Gasteiger partial charge on any atom is 0.459 e. The molecular formula is C30H39N6O9P. The zero-order valence-corrected chi connectivity index (χ0v) is 27.3. The highest BCUT2D eigenvalue weighted by molar-refractivity contribution is 7.52. The number of aromatic nitrogens is 4. The highest BCUT2D eigenvalue weighted by atomic mass is 31.2. The minimum atomic E-state index is -4.37. The Morgan fingerprint density at radius 2 is 1.93 bits per heavy atom. The van der Waals surface area contributed by atoms with Gasteiger partial charge in [0, 0.05) is 5.39 Å². The molecule has 46 heavy (non-hydrogen) atoms. The molecule has 0 amide bonds. The minimum Gasteiger partial charge on any atom is -0.479 e. The summed E-state index contributed by atoms with van der Waals surface area (Å²) < 4.78 is 44.2. The summed E-state index contributed by atoms with van der Waals surface area (Å²) in [6.07, 6.45) is -2.63. The van der Waals surface area contributed by atoms with Gasteiger partial charge in [0.1, 0.15) is 29.6 Å². The van der Waals surface area contributed by atoms with Crippen molar-refractivity contribution in [2.45, 2.75) is 64.7 Å². The van der Waals surface area contributed by atoms with Gasteiger partial charge in [-0.25, -0.2) is 9.55 Å². The summed E-state index contributed by atoms with van der Waals surface area (Å²) >= 11 is 0. The number of carbonyl (C=O) groups is 1. The number of esters is 1. The molecule has 16 heteroatoms. The summed E-state index contributed by atoms with van der Waals surface area (Å²) in [5, 5.41) is 26.7. The van der Waals surface area contributed by atoms with E-state index >= 15 is 0 Å². The lowest BCUT2D eigenvalue weighted by Crippen LogP contribution is -2.44. The zero-order valence-electron chi connectivity index (χ0n) is 26.4. The molecule has 1 fully saturated rings. The summed E-state index contributed by atoms with van der Waals surface area (Å²) in [4.78, 5) is 25.3. The number of carbonyl (C=O) groups excluding carboxylic acids is 1. The Morgan fingerprint density at radius 3 is 2.65 bits per heavy atom. The van der Waals surface area contributed by atoms with Gasteiger partial charge < -0.3 is 34.7 Å². The van der Waals surface area contributed by atoms with E-state index in [0.29, 0.717) is 5.39 Å². The molecule has 2 aromatic carbocycles. The highest BCUT2D eigenvalue weighted by Gasteiger charge is 2.54. The van der Waals surface area contributed by atoms with Crippen molar-refractivity contribution in [3.63, 3.8) is 0 Å². The number of aliphatic hydroxyl groups excluding tert-OH is 1. The fourth-order valence-corrected chi connectivity index (χ4v) is 6.49. The quantitative estimate of drug-likeness (QED) is 0.135. The van der Waals surface area contributed by atoms with Gasteiger partial charge >= 0.3 is 13.7 Å². The van der Waals surface area contributed by atoms with Crippen LogP contribution in [0.15, 0.2) is 48.8 Å². The number of hydrogen-bond donors (Lipinski definition) is 4. The minimum absolute atomic E-state index is 0.100. The summed E-state index contributed by atoms with van der Waals surface area (Å²) in [7, 11) is -2.97. The van der Waals surface area contributed by atoms with Crippen molar-refractivity contribution in [3.8, 4) is 11.6 Å². The number of aliphatic hydroxyl groups is 2. The molecule has 1 aliphatic heterocycles. The summed E-state index contributed by atoms with van der Waals surface area (Å²) in [6, 6.07) is 11.4. The second-order valence-electron chi connectivity index (χ2n) is 12.5. The number of rotatable bonds is 11. The van der Waals surface area contributed by atoms with Gasteiger partial charge in [-0.2, -0.15) is 15.1 Å². The predicted molar refractivity (Wildman–Crippen MR) is 168 cm³/mol. The highest BCUT2D eigenvalue weighted by Crippen LogP contribution is 2.48. The normalized spacial score (nSPS) is 23.7. The molecule has 0 aliphatic carbocycles. The summed E-state index contributed by atoms with van der Waals surface area (Å²) in [6.45, 7) is 8.20. The Kier molecular flexibility index (Phi) is 9.28. The van der Waals surface area contributed by atoms with Crippen LogP contribution in [-0.2, 0) is 23.4 Å². The van der Waals surface area contributed by atoms with Crippen molar-refractivity contribution in [2.75, 3.05) is 26.1 Å². The number of anilines is 1. The molecule has 15 nitrogen and oxygen atoms in total. The first-order valence-electron chi connectivity index (χ1n) is 14.6. The van der Waals surface area contributed by atoms with E-state index in [1.807, 2.05) is 39.0 Å². The molecular weight excluding hydrogens is 619 g/mol. The van der Waals surface area contributed by atoms with E-state index in [-0.39, 0.29) is 40.8 Å². The van der Waals surface area contributed by atoms with Gasteiger partial charge in [-0.05, 0) is 30.7 Å². The largest absolute Gasteiger partial charge is 0.479 e. The van der Waals surface area contributed by atoms with Crippen LogP contribution in [0.3, 0.4) is 0 Å². The van der Waals surface area contributed by atoms with Crippen LogP contribution in [-0.4, -0.2) is 79.9 Å². The number of methoxy groups -OCH3 is 1. The van der Waals surface area contributed by atoms with E-state index in [2.05, 4.69) is 20.0 Å². The maximum absolute atomic E-state index is 14.3. The average Bonchev–Trinajstić information content (AvgIpc) is 3.51. The smallest absolute Gasteiger partial charge is 0.459 e. The number of hydrogen-bond acceptors (Lipinski definition) is 13. The molecule has 248 valence electrons. The van der Waals surface area contributed by atoms with E-state index in [9.17, 15) is 19.6 Å². The van der Waals surface area contributed by atoms with Crippen LogP contribution >= 0.6 is 7.75 Å². The van der Waals surface area contributed by atoms with Gasteiger partial charge in [0.2, 0.25) is 11.8 Å². The Balaban J connectivity index is 1.40. The van der Waals surface area contributed by atoms with E-state index in [0.717, 1.165) is 5.39 Å². The van der Waals surface area contributed by atoms with Gasteiger partial charge in [-0.1, -0.05) is 57.2 Å². The van der Waals surface area contributed by atoms with Crippen molar-refractivity contribution in [3.05, 3.63) is 48.8 Å². The predicted octanol–water partition coefficient (Wildman–Crippen LogP) is 3.35. The first-order valence-corrected chi connectivity index (χ1v) is 16.1. The summed E-state index contributed by atoms with van der Waals surface area (Å²) in [5.41, 5.74) is 4.11. The molecule has 0 bridgehead atoms. The van der Waals surface area contributed by atoms with Crippen molar-refractivity contribution in [1.29, 1.82) is 0 Å². The van der Waals surface area contributed by atoms with Gasteiger partial charge in [0.25, 0.3) is 0 Å². The lowest BCUT2D eigenvalue weighted by molar-refractivity contribution is -0.148. The van der Waals surface area contributed by atoms with Crippen molar-refractivity contribution >= 4 is 41.6 Å². The van der Waals surface area contributed by atoms with Crippen LogP contribution in [0.25, 0.3) is 21.9 Å². The molecule has 1 aliphatic rings. The van der Waals surface area contributed by atoms with Gasteiger partial charge in [-0.3, -0.25) is 13.9 Å². The SMILES string of the molecule is COc1nc(N)nc2c1ncn2C1OC(CO[P@@](=O)(N[C@@H](C)C(=O)OCC(C)(C)C)Oc2cccc3ccccc23)C(O)C1(C)O. The monoisotopic (exact) mass is 658 g/mol. The van der Waals surface area contributed by atoms with Crippen LogP contribution in [0, 0.1) is 5.41 Å². The van der Waals surface area contributed by atoms with E-state index < -0.39 is 50.4 Å². The molecule has 3 heterocycles. The van der Waals surface area contributed by atoms with Gasteiger partial charge in [-0.15, -0.1) is 0 Å². The first kappa shape index (κ1) is 33.5. The topological polar surface area (TPSA) is 202 Å². The molecule has 4 unspecified atom stereocenters. The van der Waals surface area contributed by atoms with E-state index in [1.54, 1.807) is 24.3 Å². The molecule has 5 rings (SSSR count). The fraction of sp³-hybridized carbons (Fsp3) is 0.467. The molecule has 0 spiro atoms. The molecule has 5 N–H and O–H groups in total. The number of fused-ring (bicyclic) bond motifs is 2. The van der Waals surface area contributed by atoms with E-state index in [4.69, 9.17) is 29.0 Å². The lowest BCUT2D eigenvalue weighted by Gasteiger charge is -2.27. The number of nitrogens with zero attached hydrogens (tertiary/aromatic N) is 4. The van der Waals surface area contributed by atoms with Crippen LogP contribution in [0.2, 0.25) is 0 Å². The summed E-state index contributed by atoms with van der Waals surface area (Å²) in [5.74, 6) is -0.411. The number of nitrogens with two attached hydrogens (primary N) is 1. The second-order valence-corrected chi connectivity index (χ2v) is 14.2. The molecule has 0 radical (unpaired) electrons. The number of nitrogen functional groups attached to an aromatic ring is 1. The van der Waals surface area contributed by atoms with Crippen LogP contribution in [0.1, 0.15) is 40.8 Å². The first-order chi connectivity index (χ1) is 21.6. The molecule has 4 aromatic rings. The van der Waals surface area contributed by atoms with Crippen LogP contribution < -0.4 is 20.1 Å². The van der Waals surface area contributed by atoms with E-state index in [1.165, 1.54) is 31.9 Å². The second kappa shape index (κ2) is 12.7. The van der Waals surface area contributed by atoms with Crippen molar-refractivity contribution < 1.29 is 42.8 Å². The number of benzene rings is 2. The van der Waals surface area contributed by atoms with Crippen molar-refractivity contribution in [1.82, 2.24) is 24.6 Å². The molecule has 6 atom stereocenters. The Morgan fingerprint density at radius 1 is 1.22 bits per heavy atom. The molecule has 1 saturated heterocycles. The number of nitrogens with one attached hydrogen (secondary N) is 1. The molecule has 2 aromatic heterocycles. The van der Waals surface area contributed by atoms with Crippen LogP contribution in [0.4, 0.5) is 5.95 Å². The Hall–Kier alpha value is -3.85. The van der Waals surface area contributed by atoms with Crippen molar-refractivity contribution in [2.24, 2.45) is 5.41 Å². The van der Waals surface area contributed by atoms with Gasteiger partial charge in [0.15, 0.2) is 17.4 Å². The maximum atomic E-state index is 14.3. The third kappa shape index (κ3) is 6.94. The standard InChI is InChI=1S/C30H39N6O9P/c1-17(26(38)42-15-29(2,3)4)35-46(40,45-20-13-9-11-18-10-7-8-12-19(18)20)43-14-21-23(37)30(5,39)27(44-21)36-16-32-22-24(36)33-28(31)34-25(22)41-6/h7-13,16-17,21,23,27,37,39H,14-15H2,1-6H3,(H,35,40)(H2,31,33,34)/t17-,21?,23?,27?,30?,46-/m0/s1. The van der Waals surface area contributed by atoms with Crippen LogP contribution in [0.5, 0.6) is 11.6 Å². The number of imidazole rings is 1. The third-order valence-corrected chi connectivity index (χ3v) is 8.97. The van der Waals surface area contributed by atoms with Gasteiger partial charge in [0.05, 0.1) is 26.7 Å². The molecule has 0 saturated carbocycles.